The van der Waals surface area contributed by atoms with Crippen molar-refractivity contribution < 1.29 is 8.78 Å². The normalized spacial score (nSPS) is 15.3. The van der Waals surface area contributed by atoms with Crippen molar-refractivity contribution in [1.29, 1.82) is 0 Å². The quantitative estimate of drug-likeness (QED) is 0.311. The number of aliphatic imine (C=N–C) groups is 1. The Bertz CT molecular complexity index is 505. The lowest BCUT2D eigenvalue weighted by molar-refractivity contribution is 0.334. The van der Waals surface area contributed by atoms with Gasteiger partial charge in [-0.1, -0.05) is 0 Å². The Labute approximate surface area is 153 Å². The molecule has 0 amide bonds. The molecule has 2 N–H and O–H groups in total. The van der Waals surface area contributed by atoms with Gasteiger partial charge in [-0.25, -0.2) is 8.78 Å². The second-order valence-electron chi connectivity index (χ2n) is 5.49. The highest BCUT2D eigenvalue weighted by Crippen LogP contribution is 2.09. The molecule has 1 aromatic rings. The first kappa shape index (κ1) is 20.1. The number of halogens is 3. The van der Waals surface area contributed by atoms with E-state index in [0.29, 0.717) is 11.5 Å². The van der Waals surface area contributed by atoms with Gasteiger partial charge in [0.2, 0.25) is 0 Å². The molecule has 0 aliphatic carbocycles. The first-order chi connectivity index (χ1) is 10.7. The average Bonchev–Trinajstić information content (AvgIpc) is 3.03. The zero-order chi connectivity index (χ0) is 15.8. The number of likely N-dealkylation sites (tertiary alicyclic amines) is 1. The van der Waals surface area contributed by atoms with Crippen molar-refractivity contribution in [2.24, 2.45) is 4.99 Å². The van der Waals surface area contributed by atoms with Gasteiger partial charge < -0.3 is 15.5 Å². The Kier molecular flexibility index (Phi) is 9.39. The number of hydrogen-bond donors (Lipinski definition) is 2. The van der Waals surface area contributed by atoms with E-state index in [4.69, 9.17) is 0 Å². The first-order valence-corrected chi connectivity index (χ1v) is 7.80. The minimum absolute atomic E-state index is 0. The van der Waals surface area contributed by atoms with Crippen LogP contribution in [0.15, 0.2) is 23.2 Å². The summed E-state index contributed by atoms with van der Waals surface area (Å²) in [5.41, 5.74) is 0.292. The Morgan fingerprint density at radius 3 is 2.65 bits per heavy atom. The highest BCUT2D eigenvalue weighted by atomic mass is 127. The van der Waals surface area contributed by atoms with Gasteiger partial charge in [0.25, 0.3) is 0 Å². The lowest BCUT2D eigenvalue weighted by Gasteiger charge is -2.16. The topological polar surface area (TPSA) is 39.7 Å². The van der Waals surface area contributed by atoms with Crippen LogP contribution in [0.25, 0.3) is 0 Å². The maximum atomic E-state index is 13.5. The second kappa shape index (κ2) is 10.7. The van der Waals surface area contributed by atoms with E-state index in [9.17, 15) is 8.78 Å². The third-order valence-corrected chi connectivity index (χ3v) is 3.82. The first-order valence-electron chi connectivity index (χ1n) is 7.80. The van der Waals surface area contributed by atoms with Crippen molar-refractivity contribution >= 4 is 29.9 Å². The van der Waals surface area contributed by atoms with Crippen molar-refractivity contribution in [3.05, 3.63) is 35.4 Å². The molecule has 0 saturated carbocycles. The molecule has 0 atom stereocenters. The molecule has 7 heteroatoms. The minimum atomic E-state index is -0.438. The maximum Gasteiger partial charge on any atom is 0.191 e. The molecule has 1 aliphatic heterocycles. The predicted molar refractivity (Wildman–Crippen MR) is 100 cm³/mol. The minimum Gasteiger partial charge on any atom is -0.356 e. The zero-order valence-corrected chi connectivity index (χ0v) is 15.8. The molecule has 4 nitrogen and oxygen atoms in total. The fourth-order valence-corrected chi connectivity index (χ4v) is 2.59. The van der Waals surface area contributed by atoms with Crippen LogP contribution in [0.3, 0.4) is 0 Å². The Morgan fingerprint density at radius 1 is 1.22 bits per heavy atom. The van der Waals surface area contributed by atoms with Gasteiger partial charge in [0.15, 0.2) is 5.96 Å². The van der Waals surface area contributed by atoms with E-state index in [2.05, 4.69) is 20.5 Å². The third kappa shape index (κ3) is 6.99. The summed E-state index contributed by atoms with van der Waals surface area (Å²) in [4.78, 5) is 6.55. The van der Waals surface area contributed by atoms with Crippen molar-refractivity contribution in [2.45, 2.75) is 25.8 Å². The average molecular weight is 438 g/mol. The summed E-state index contributed by atoms with van der Waals surface area (Å²) in [5.74, 6) is -0.254. The van der Waals surface area contributed by atoms with Gasteiger partial charge in [0.1, 0.15) is 11.6 Å². The van der Waals surface area contributed by atoms with Crippen LogP contribution in [0, 0.1) is 11.6 Å². The largest absolute Gasteiger partial charge is 0.356 e. The molecule has 1 fully saturated rings. The smallest absolute Gasteiger partial charge is 0.191 e. The van der Waals surface area contributed by atoms with E-state index in [0.717, 1.165) is 31.6 Å². The van der Waals surface area contributed by atoms with Crippen LogP contribution in [-0.2, 0) is 6.54 Å². The molecule has 130 valence electrons. The lowest BCUT2D eigenvalue weighted by atomic mass is 10.2. The van der Waals surface area contributed by atoms with Crippen LogP contribution in [0.5, 0.6) is 0 Å². The SMILES string of the molecule is CN=C(NCCCN1CCCC1)NCc1cc(F)ccc1F.I. The van der Waals surface area contributed by atoms with Crippen LogP contribution < -0.4 is 10.6 Å². The van der Waals surface area contributed by atoms with Crippen LogP contribution in [0.4, 0.5) is 8.78 Å². The molecule has 0 spiro atoms. The van der Waals surface area contributed by atoms with Crippen molar-refractivity contribution in [2.75, 3.05) is 33.2 Å². The standard InChI is InChI=1S/C16H24F2N4.HI/c1-19-16(20-7-4-10-22-8-2-3-9-22)21-12-13-11-14(17)5-6-15(13)18;/h5-6,11H,2-4,7-10,12H2,1H3,(H2,19,20,21);1H. The molecular weight excluding hydrogens is 413 g/mol. The molecule has 2 rings (SSSR count). The maximum absolute atomic E-state index is 13.5. The van der Waals surface area contributed by atoms with Crippen molar-refractivity contribution in [3.8, 4) is 0 Å². The Morgan fingerprint density at radius 2 is 1.96 bits per heavy atom. The van der Waals surface area contributed by atoms with Gasteiger partial charge in [-0.2, -0.15) is 0 Å². The van der Waals surface area contributed by atoms with E-state index in [1.54, 1.807) is 7.05 Å². The van der Waals surface area contributed by atoms with E-state index in [1.807, 2.05) is 0 Å². The molecule has 0 radical (unpaired) electrons. The lowest BCUT2D eigenvalue weighted by Crippen LogP contribution is -2.38. The van der Waals surface area contributed by atoms with E-state index in [1.165, 1.54) is 32.0 Å². The van der Waals surface area contributed by atoms with Crippen LogP contribution in [-0.4, -0.2) is 44.1 Å². The Hall–Kier alpha value is -0.960. The van der Waals surface area contributed by atoms with Gasteiger partial charge in [-0.05, 0) is 57.1 Å². The molecule has 0 aromatic heterocycles. The summed E-state index contributed by atoms with van der Waals surface area (Å²) in [6.45, 7) is 4.50. The number of nitrogens with zero attached hydrogens (tertiary/aromatic N) is 2. The van der Waals surface area contributed by atoms with Gasteiger partial charge in [-0.3, -0.25) is 4.99 Å². The fourth-order valence-electron chi connectivity index (χ4n) is 2.59. The summed E-state index contributed by atoms with van der Waals surface area (Å²) < 4.78 is 26.6. The van der Waals surface area contributed by atoms with Gasteiger partial charge in [0, 0.05) is 25.7 Å². The highest BCUT2D eigenvalue weighted by molar-refractivity contribution is 14.0. The van der Waals surface area contributed by atoms with Crippen LogP contribution in [0.2, 0.25) is 0 Å². The van der Waals surface area contributed by atoms with Gasteiger partial charge in [-0.15, -0.1) is 24.0 Å². The molecule has 1 saturated heterocycles. The number of benzene rings is 1. The van der Waals surface area contributed by atoms with Crippen molar-refractivity contribution in [1.82, 2.24) is 15.5 Å². The highest BCUT2D eigenvalue weighted by Gasteiger charge is 2.10. The van der Waals surface area contributed by atoms with Crippen LogP contribution in [0.1, 0.15) is 24.8 Å². The monoisotopic (exact) mass is 438 g/mol. The predicted octanol–water partition coefficient (Wildman–Crippen LogP) is 2.73. The molecule has 0 unspecified atom stereocenters. The summed E-state index contributed by atoms with van der Waals surface area (Å²) in [5, 5.41) is 6.19. The fraction of sp³-hybridized carbons (Fsp3) is 0.562. The van der Waals surface area contributed by atoms with E-state index in [-0.39, 0.29) is 30.5 Å². The van der Waals surface area contributed by atoms with Gasteiger partial charge >= 0.3 is 0 Å². The Balaban J connectivity index is 0.00000264. The van der Waals surface area contributed by atoms with Crippen molar-refractivity contribution in [3.63, 3.8) is 0 Å². The summed E-state index contributed by atoms with van der Waals surface area (Å²) >= 11 is 0. The second-order valence-corrected chi connectivity index (χ2v) is 5.49. The third-order valence-electron chi connectivity index (χ3n) is 3.82. The summed E-state index contributed by atoms with van der Waals surface area (Å²) in [6, 6.07) is 3.45. The summed E-state index contributed by atoms with van der Waals surface area (Å²) in [7, 11) is 1.66. The molecular formula is C16H25F2IN4. The van der Waals surface area contributed by atoms with E-state index >= 15 is 0 Å². The molecule has 1 heterocycles. The van der Waals surface area contributed by atoms with Crippen LogP contribution >= 0.6 is 24.0 Å². The molecule has 1 aliphatic rings. The number of hydrogen-bond acceptors (Lipinski definition) is 2. The number of nitrogens with one attached hydrogen (secondary N) is 2. The molecule has 23 heavy (non-hydrogen) atoms. The number of guanidine groups is 1. The van der Waals surface area contributed by atoms with Gasteiger partial charge in [0.05, 0.1) is 0 Å². The summed E-state index contributed by atoms with van der Waals surface area (Å²) in [6.07, 6.45) is 3.64. The number of rotatable bonds is 6. The zero-order valence-electron chi connectivity index (χ0n) is 13.4. The van der Waals surface area contributed by atoms with E-state index < -0.39 is 11.6 Å². The molecule has 1 aromatic carbocycles. The molecule has 0 bridgehead atoms.